The Morgan fingerprint density at radius 2 is 1.70 bits per heavy atom. The standard InChI is InChI=1S/C18H14F5NO3/c1-27-17(26)15(6-10-3-2-4-12(5-10)18(21,22)23)24-16(25)11-7-13(19)9-14(20)8-11/h2-5,7-9,15H,6H2,1H3,(H,24,25)/t15-/m1/s1. The number of carbonyl (C=O) groups excluding carboxylic acids is 2. The maximum absolute atomic E-state index is 13.2. The van der Waals surface area contributed by atoms with Gasteiger partial charge < -0.3 is 10.1 Å². The van der Waals surface area contributed by atoms with E-state index in [2.05, 4.69) is 10.1 Å². The fourth-order valence-electron chi connectivity index (χ4n) is 2.37. The molecule has 0 saturated carbocycles. The van der Waals surface area contributed by atoms with E-state index in [-0.39, 0.29) is 17.5 Å². The first-order valence-corrected chi connectivity index (χ1v) is 7.61. The molecule has 1 atom stereocenters. The minimum atomic E-state index is -4.57. The lowest BCUT2D eigenvalue weighted by Gasteiger charge is -2.17. The molecule has 1 amide bonds. The van der Waals surface area contributed by atoms with E-state index in [0.29, 0.717) is 6.07 Å². The molecule has 2 aromatic carbocycles. The molecule has 0 unspecified atom stereocenters. The molecule has 2 rings (SSSR count). The van der Waals surface area contributed by atoms with Crippen LogP contribution >= 0.6 is 0 Å². The Morgan fingerprint density at radius 1 is 1.07 bits per heavy atom. The van der Waals surface area contributed by atoms with Crippen molar-refractivity contribution in [3.63, 3.8) is 0 Å². The van der Waals surface area contributed by atoms with Crippen LogP contribution in [0.4, 0.5) is 22.0 Å². The van der Waals surface area contributed by atoms with Crippen LogP contribution in [0, 0.1) is 11.6 Å². The third-order valence-corrected chi connectivity index (χ3v) is 3.61. The monoisotopic (exact) mass is 387 g/mol. The Hall–Kier alpha value is -2.97. The Kier molecular flexibility index (Phi) is 6.14. The second kappa shape index (κ2) is 8.15. The van der Waals surface area contributed by atoms with Crippen molar-refractivity contribution in [3.8, 4) is 0 Å². The van der Waals surface area contributed by atoms with Crippen molar-refractivity contribution in [2.45, 2.75) is 18.6 Å². The maximum Gasteiger partial charge on any atom is 0.416 e. The van der Waals surface area contributed by atoms with E-state index in [1.807, 2.05) is 0 Å². The van der Waals surface area contributed by atoms with E-state index < -0.39 is 41.3 Å². The molecule has 9 heteroatoms. The number of rotatable bonds is 5. The predicted molar refractivity (Wildman–Crippen MR) is 84.8 cm³/mol. The number of alkyl halides is 3. The first kappa shape index (κ1) is 20.3. The van der Waals surface area contributed by atoms with Crippen LogP contribution in [0.1, 0.15) is 21.5 Å². The van der Waals surface area contributed by atoms with Crippen LogP contribution in [0.25, 0.3) is 0 Å². The van der Waals surface area contributed by atoms with Gasteiger partial charge in [0.2, 0.25) is 0 Å². The average molecular weight is 387 g/mol. The highest BCUT2D eigenvalue weighted by Gasteiger charge is 2.31. The van der Waals surface area contributed by atoms with E-state index in [4.69, 9.17) is 0 Å². The molecule has 0 aliphatic rings. The van der Waals surface area contributed by atoms with Gasteiger partial charge in [-0.25, -0.2) is 13.6 Å². The van der Waals surface area contributed by atoms with Gasteiger partial charge >= 0.3 is 12.1 Å². The minimum absolute atomic E-state index is 0.117. The number of ether oxygens (including phenoxy) is 1. The number of hydrogen-bond acceptors (Lipinski definition) is 3. The van der Waals surface area contributed by atoms with Crippen molar-refractivity contribution in [2.24, 2.45) is 0 Å². The molecule has 0 saturated heterocycles. The summed E-state index contributed by atoms with van der Waals surface area (Å²) < 4.78 is 69.4. The number of methoxy groups -OCH3 is 1. The molecule has 27 heavy (non-hydrogen) atoms. The molecule has 0 aliphatic carbocycles. The maximum atomic E-state index is 13.2. The summed E-state index contributed by atoms with van der Waals surface area (Å²) in [7, 11) is 1.04. The molecule has 0 heterocycles. The minimum Gasteiger partial charge on any atom is -0.467 e. The summed E-state index contributed by atoms with van der Waals surface area (Å²) in [5.41, 5.74) is -1.18. The lowest BCUT2D eigenvalue weighted by atomic mass is 10.0. The van der Waals surface area contributed by atoms with Gasteiger partial charge in [0.15, 0.2) is 0 Å². The van der Waals surface area contributed by atoms with Crippen LogP contribution in [0.3, 0.4) is 0 Å². The van der Waals surface area contributed by atoms with Gasteiger partial charge in [-0.15, -0.1) is 0 Å². The topological polar surface area (TPSA) is 55.4 Å². The Bertz CT molecular complexity index is 831. The third kappa shape index (κ3) is 5.50. The van der Waals surface area contributed by atoms with Crippen molar-refractivity contribution in [3.05, 3.63) is 70.8 Å². The van der Waals surface area contributed by atoms with Crippen LogP contribution in [-0.4, -0.2) is 25.0 Å². The highest BCUT2D eigenvalue weighted by Crippen LogP contribution is 2.29. The molecule has 4 nitrogen and oxygen atoms in total. The number of benzene rings is 2. The zero-order valence-electron chi connectivity index (χ0n) is 13.9. The molecule has 144 valence electrons. The number of halogens is 5. The zero-order chi connectivity index (χ0) is 20.2. The van der Waals surface area contributed by atoms with Gasteiger partial charge in [0, 0.05) is 18.1 Å². The van der Waals surface area contributed by atoms with Gasteiger partial charge in [0.25, 0.3) is 5.91 Å². The second-order valence-electron chi connectivity index (χ2n) is 5.61. The van der Waals surface area contributed by atoms with Crippen molar-refractivity contribution >= 4 is 11.9 Å². The van der Waals surface area contributed by atoms with Gasteiger partial charge in [-0.3, -0.25) is 4.79 Å². The Balaban J connectivity index is 2.23. The van der Waals surface area contributed by atoms with Crippen LogP contribution in [0.2, 0.25) is 0 Å². The Labute approximate surface area is 150 Å². The van der Waals surface area contributed by atoms with E-state index in [9.17, 15) is 31.5 Å². The number of esters is 1. The van der Waals surface area contributed by atoms with Gasteiger partial charge in [-0.2, -0.15) is 13.2 Å². The summed E-state index contributed by atoms with van der Waals surface area (Å²) in [6, 6.07) is 4.95. The number of nitrogens with one attached hydrogen (secondary N) is 1. The molecule has 0 aliphatic heterocycles. The number of hydrogen-bond donors (Lipinski definition) is 1. The molecule has 2 aromatic rings. The predicted octanol–water partition coefficient (Wildman–Crippen LogP) is 3.50. The number of carbonyl (C=O) groups is 2. The fourth-order valence-corrected chi connectivity index (χ4v) is 2.37. The highest BCUT2D eigenvalue weighted by molar-refractivity contribution is 5.96. The fraction of sp³-hybridized carbons (Fsp3) is 0.222. The van der Waals surface area contributed by atoms with Gasteiger partial charge in [-0.1, -0.05) is 18.2 Å². The van der Waals surface area contributed by atoms with Gasteiger partial charge in [-0.05, 0) is 23.8 Å². The van der Waals surface area contributed by atoms with E-state index in [1.54, 1.807) is 0 Å². The number of amides is 1. The summed E-state index contributed by atoms with van der Waals surface area (Å²) in [6.07, 6.45) is -4.88. The molecule has 0 aromatic heterocycles. The first-order chi connectivity index (χ1) is 12.6. The second-order valence-corrected chi connectivity index (χ2v) is 5.61. The Morgan fingerprint density at radius 3 is 2.26 bits per heavy atom. The molecular weight excluding hydrogens is 373 g/mol. The smallest absolute Gasteiger partial charge is 0.416 e. The summed E-state index contributed by atoms with van der Waals surface area (Å²) in [6.45, 7) is 0. The van der Waals surface area contributed by atoms with Crippen LogP contribution in [0.15, 0.2) is 42.5 Å². The van der Waals surface area contributed by atoms with Crippen LogP contribution < -0.4 is 5.32 Å². The average Bonchev–Trinajstić information content (AvgIpc) is 2.59. The lowest BCUT2D eigenvalue weighted by molar-refractivity contribution is -0.142. The molecular formula is C18H14F5NO3. The van der Waals surface area contributed by atoms with E-state index >= 15 is 0 Å². The van der Waals surface area contributed by atoms with Crippen molar-refractivity contribution in [2.75, 3.05) is 7.11 Å². The van der Waals surface area contributed by atoms with Crippen LogP contribution in [-0.2, 0) is 22.1 Å². The first-order valence-electron chi connectivity index (χ1n) is 7.61. The summed E-state index contributed by atoms with van der Waals surface area (Å²) in [5.74, 6) is -3.88. The molecule has 0 bridgehead atoms. The third-order valence-electron chi connectivity index (χ3n) is 3.61. The molecule has 0 fully saturated rings. The molecule has 0 spiro atoms. The van der Waals surface area contributed by atoms with Gasteiger partial charge in [0.05, 0.1) is 12.7 Å². The van der Waals surface area contributed by atoms with Crippen molar-refractivity contribution in [1.82, 2.24) is 5.32 Å². The zero-order valence-corrected chi connectivity index (χ0v) is 13.9. The van der Waals surface area contributed by atoms with Crippen molar-refractivity contribution in [1.29, 1.82) is 0 Å². The molecule has 0 radical (unpaired) electrons. The summed E-state index contributed by atoms with van der Waals surface area (Å²) in [5, 5.41) is 2.22. The quantitative estimate of drug-likeness (QED) is 0.631. The summed E-state index contributed by atoms with van der Waals surface area (Å²) >= 11 is 0. The van der Waals surface area contributed by atoms with Gasteiger partial charge in [0.1, 0.15) is 17.7 Å². The lowest BCUT2D eigenvalue weighted by Crippen LogP contribution is -2.43. The largest absolute Gasteiger partial charge is 0.467 e. The van der Waals surface area contributed by atoms with E-state index in [1.165, 1.54) is 6.07 Å². The SMILES string of the molecule is COC(=O)[C@@H](Cc1cccc(C(F)(F)F)c1)NC(=O)c1cc(F)cc(F)c1. The van der Waals surface area contributed by atoms with Crippen LogP contribution in [0.5, 0.6) is 0 Å². The highest BCUT2D eigenvalue weighted by atomic mass is 19.4. The van der Waals surface area contributed by atoms with Crippen molar-refractivity contribution < 1.29 is 36.3 Å². The van der Waals surface area contributed by atoms with E-state index in [0.717, 1.165) is 37.4 Å². The summed E-state index contributed by atoms with van der Waals surface area (Å²) in [4.78, 5) is 24.1. The normalized spacial score (nSPS) is 12.4. The molecule has 1 N–H and O–H groups in total.